The van der Waals surface area contributed by atoms with Crippen LogP contribution in [-0.4, -0.2) is 31.4 Å². The minimum Gasteiger partial charge on any atom is -0.385 e. The molecule has 0 aliphatic heterocycles. The topological polar surface area (TPSA) is 32.3 Å². The van der Waals surface area contributed by atoms with E-state index < -0.39 is 0 Å². The van der Waals surface area contributed by atoms with Crippen LogP contribution in [0, 0.1) is 12.8 Å². The lowest BCUT2D eigenvalue weighted by Crippen LogP contribution is -2.22. The number of allylic oxidation sites excluding steroid dienone is 2. The minimum absolute atomic E-state index is 0.0497. The Bertz CT molecular complexity index is 506. The molecule has 3 heteroatoms. The summed E-state index contributed by atoms with van der Waals surface area (Å²) in [6, 6.07) is 5.88. The summed E-state index contributed by atoms with van der Waals surface area (Å²) in [5.41, 5.74) is 3.01. The highest BCUT2D eigenvalue weighted by Crippen LogP contribution is 2.22. The first kappa shape index (κ1) is 14.6. The van der Waals surface area contributed by atoms with Gasteiger partial charge in [-0.15, -0.1) is 0 Å². The number of hydrogen-bond donors (Lipinski definition) is 1. The van der Waals surface area contributed by atoms with E-state index in [1.54, 1.807) is 19.0 Å². The van der Waals surface area contributed by atoms with Crippen molar-refractivity contribution < 1.29 is 4.79 Å². The van der Waals surface area contributed by atoms with Gasteiger partial charge in [0.25, 0.3) is 5.91 Å². The number of amides is 1. The Hall–Kier alpha value is -1.77. The van der Waals surface area contributed by atoms with Crippen LogP contribution in [0.4, 0.5) is 5.69 Å². The van der Waals surface area contributed by atoms with E-state index in [9.17, 15) is 4.79 Å². The van der Waals surface area contributed by atoms with Gasteiger partial charge in [0, 0.05) is 31.9 Å². The first-order chi connectivity index (χ1) is 9.58. The second-order valence-corrected chi connectivity index (χ2v) is 5.76. The van der Waals surface area contributed by atoms with E-state index in [1.807, 2.05) is 18.2 Å². The van der Waals surface area contributed by atoms with Gasteiger partial charge in [0.15, 0.2) is 0 Å². The molecule has 1 unspecified atom stereocenters. The van der Waals surface area contributed by atoms with E-state index >= 15 is 0 Å². The number of carbonyl (C=O) groups is 1. The number of hydrogen-bond acceptors (Lipinski definition) is 2. The average Bonchev–Trinajstić information content (AvgIpc) is 2.46. The summed E-state index contributed by atoms with van der Waals surface area (Å²) >= 11 is 0. The van der Waals surface area contributed by atoms with Crippen molar-refractivity contribution in [2.75, 3.05) is 26.0 Å². The maximum absolute atomic E-state index is 12.0. The van der Waals surface area contributed by atoms with Crippen molar-refractivity contribution in [2.45, 2.75) is 26.2 Å². The van der Waals surface area contributed by atoms with Gasteiger partial charge >= 0.3 is 0 Å². The molecule has 1 atom stereocenters. The standard InChI is InChI=1S/C17H24N2O/c1-13-9-10-15(17(20)19(2)3)11-16(13)18-12-14-7-5-4-6-8-14/h4-5,9-11,14,18H,6-8,12H2,1-3H3. The fraction of sp³-hybridized carbons (Fsp3) is 0.471. The zero-order valence-electron chi connectivity index (χ0n) is 12.6. The van der Waals surface area contributed by atoms with E-state index in [1.165, 1.54) is 18.4 Å². The molecule has 0 saturated carbocycles. The summed E-state index contributed by atoms with van der Waals surface area (Å²) in [4.78, 5) is 13.6. The Morgan fingerprint density at radius 1 is 1.35 bits per heavy atom. The molecule has 2 rings (SSSR count). The molecule has 3 nitrogen and oxygen atoms in total. The number of rotatable bonds is 4. The van der Waals surface area contributed by atoms with Gasteiger partial charge in [-0.25, -0.2) is 0 Å². The Balaban J connectivity index is 2.04. The van der Waals surface area contributed by atoms with Gasteiger partial charge in [0.1, 0.15) is 0 Å². The Morgan fingerprint density at radius 3 is 2.80 bits per heavy atom. The highest BCUT2D eigenvalue weighted by atomic mass is 16.2. The largest absolute Gasteiger partial charge is 0.385 e. The third-order valence-corrected chi connectivity index (χ3v) is 3.85. The number of carbonyl (C=O) groups excluding carboxylic acids is 1. The monoisotopic (exact) mass is 272 g/mol. The average molecular weight is 272 g/mol. The fourth-order valence-electron chi connectivity index (χ4n) is 2.50. The summed E-state index contributed by atoms with van der Waals surface area (Å²) in [7, 11) is 3.56. The molecule has 1 N–H and O–H groups in total. The zero-order valence-corrected chi connectivity index (χ0v) is 12.6. The van der Waals surface area contributed by atoms with Gasteiger partial charge < -0.3 is 10.2 Å². The van der Waals surface area contributed by atoms with Crippen molar-refractivity contribution in [3.8, 4) is 0 Å². The molecule has 0 fully saturated rings. The Kier molecular flexibility index (Phi) is 4.83. The van der Waals surface area contributed by atoms with Gasteiger partial charge in [0.05, 0.1) is 0 Å². The van der Waals surface area contributed by atoms with Crippen LogP contribution in [-0.2, 0) is 0 Å². The molecular weight excluding hydrogens is 248 g/mol. The van der Waals surface area contributed by atoms with Gasteiger partial charge in [-0.2, -0.15) is 0 Å². The summed E-state index contributed by atoms with van der Waals surface area (Å²) in [6.07, 6.45) is 8.12. The molecule has 1 aliphatic carbocycles. The van der Waals surface area contributed by atoms with Crippen LogP contribution in [0.1, 0.15) is 35.2 Å². The van der Waals surface area contributed by atoms with Crippen molar-refractivity contribution >= 4 is 11.6 Å². The lowest BCUT2D eigenvalue weighted by molar-refractivity contribution is 0.0827. The number of benzene rings is 1. The lowest BCUT2D eigenvalue weighted by Gasteiger charge is -2.20. The molecule has 20 heavy (non-hydrogen) atoms. The summed E-state index contributed by atoms with van der Waals surface area (Å²) in [5, 5.41) is 3.51. The van der Waals surface area contributed by atoms with Crippen molar-refractivity contribution in [3.63, 3.8) is 0 Å². The van der Waals surface area contributed by atoms with E-state index in [-0.39, 0.29) is 5.91 Å². The fourth-order valence-corrected chi connectivity index (χ4v) is 2.50. The van der Waals surface area contributed by atoms with Gasteiger partial charge in [0.2, 0.25) is 0 Å². The lowest BCUT2D eigenvalue weighted by atomic mass is 9.94. The molecule has 1 aromatic rings. The predicted molar refractivity (Wildman–Crippen MR) is 84.2 cm³/mol. The summed E-state index contributed by atoms with van der Waals surface area (Å²) in [5.74, 6) is 0.751. The molecule has 1 aliphatic rings. The molecule has 0 aromatic heterocycles. The Labute approximate surface area is 121 Å². The quantitative estimate of drug-likeness (QED) is 0.851. The normalized spacial score (nSPS) is 17.9. The molecule has 0 heterocycles. The third kappa shape index (κ3) is 3.62. The van der Waals surface area contributed by atoms with Crippen LogP contribution in [0.2, 0.25) is 0 Å². The third-order valence-electron chi connectivity index (χ3n) is 3.85. The molecule has 108 valence electrons. The molecule has 0 spiro atoms. The molecular formula is C17H24N2O. The number of anilines is 1. The second kappa shape index (κ2) is 6.60. The maximum atomic E-state index is 12.0. The molecule has 1 amide bonds. The summed E-state index contributed by atoms with van der Waals surface area (Å²) < 4.78 is 0. The van der Waals surface area contributed by atoms with Crippen LogP contribution >= 0.6 is 0 Å². The van der Waals surface area contributed by atoms with Gasteiger partial charge in [-0.05, 0) is 49.8 Å². The number of nitrogens with one attached hydrogen (secondary N) is 1. The van der Waals surface area contributed by atoms with Crippen LogP contribution < -0.4 is 5.32 Å². The second-order valence-electron chi connectivity index (χ2n) is 5.76. The van der Waals surface area contributed by atoms with E-state index in [4.69, 9.17) is 0 Å². The van der Waals surface area contributed by atoms with Crippen LogP contribution in [0.5, 0.6) is 0 Å². The van der Waals surface area contributed by atoms with E-state index in [0.29, 0.717) is 5.92 Å². The first-order valence-electron chi connectivity index (χ1n) is 7.29. The molecule has 0 saturated heterocycles. The first-order valence-corrected chi connectivity index (χ1v) is 7.29. The number of aryl methyl sites for hydroxylation is 1. The van der Waals surface area contributed by atoms with Crippen molar-refractivity contribution in [2.24, 2.45) is 5.92 Å². The predicted octanol–water partition coefficient (Wildman–Crippen LogP) is 3.47. The number of nitrogens with zero attached hydrogens (tertiary/aromatic N) is 1. The van der Waals surface area contributed by atoms with Crippen molar-refractivity contribution in [1.82, 2.24) is 4.90 Å². The summed E-state index contributed by atoms with van der Waals surface area (Å²) in [6.45, 7) is 3.05. The smallest absolute Gasteiger partial charge is 0.253 e. The molecule has 0 radical (unpaired) electrons. The zero-order chi connectivity index (χ0) is 14.5. The van der Waals surface area contributed by atoms with Crippen LogP contribution in [0.3, 0.4) is 0 Å². The van der Waals surface area contributed by atoms with Crippen molar-refractivity contribution in [1.29, 1.82) is 0 Å². The van der Waals surface area contributed by atoms with Crippen LogP contribution in [0.15, 0.2) is 30.4 Å². The van der Waals surface area contributed by atoms with E-state index in [0.717, 1.165) is 24.2 Å². The highest BCUT2D eigenvalue weighted by Gasteiger charge is 2.12. The Morgan fingerprint density at radius 2 is 2.15 bits per heavy atom. The van der Waals surface area contributed by atoms with Gasteiger partial charge in [-0.3, -0.25) is 4.79 Å². The molecule has 0 bridgehead atoms. The maximum Gasteiger partial charge on any atom is 0.253 e. The SMILES string of the molecule is Cc1ccc(C(=O)N(C)C)cc1NCC1CC=CCC1. The van der Waals surface area contributed by atoms with Crippen LogP contribution in [0.25, 0.3) is 0 Å². The minimum atomic E-state index is 0.0497. The highest BCUT2D eigenvalue weighted by molar-refractivity contribution is 5.95. The van der Waals surface area contributed by atoms with Gasteiger partial charge in [-0.1, -0.05) is 18.2 Å². The van der Waals surface area contributed by atoms with E-state index in [2.05, 4.69) is 24.4 Å². The molecule has 1 aromatic carbocycles. The van der Waals surface area contributed by atoms with Crippen molar-refractivity contribution in [3.05, 3.63) is 41.5 Å².